The van der Waals surface area contributed by atoms with Gasteiger partial charge in [-0.2, -0.15) is 0 Å². The highest BCUT2D eigenvalue weighted by atomic mass is 19.1. The Kier molecular flexibility index (Phi) is 6.87. The summed E-state index contributed by atoms with van der Waals surface area (Å²) in [6, 6.07) is 8.34. The van der Waals surface area contributed by atoms with Crippen LogP contribution in [0.25, 0.3) is 10.9 Å². The Morgan fingerprint density at radius 1 is 1.17 bits per heavy atom. The molecule has 2 heterocycles. The number of nitrogens with one attached hydrogen (secondary N) is 2. The molecule has 2 aliphatic rings. The van der Waals surface area contributed by atoms with Gasteiger partial charge in [-0.05, 0) is 55.0 Å². The van der Waals surface area contributed by atoms with Crippen LogP contribution in [0, 0.1) is 18.2 Å². The highest BCUT2D eigenvalue weighted by Gasteiger charge is 2.42. The van der Waals surface area contributed by atoms with Gasteiger partial charge in [-0.1, -0.05) is 25.3 Å². The number of hydrogen-bond acceptors (Lipinski definition) is 6. The average molecular weight is 490 g/mol. The van der Waals surface area contributed by atoms with E-state index in [0.29, 0.717) is 44.8 Å². The zero-order chi connectivity index (χ0) is 25.1. The molecule has 1 saturated carbocycles. The number of aryl methyl sites for hydroxylation is 1. The van der Waals surface area contributed by atoms with Gasteiger partial charge < -0.3 is 15.4 Å². The topological polar surface area (TPSA) is 79.4 Å². The summed E-state index contributed by atoms with van der Waals surface area (Å²) in [5.41, 5.74) is 2.96. The Morgan fingerprint density at radius 3 is 2.72 bits per heavy atom. The summed E-state index contributed by atoms with van der Waals surface area (Å²) >= 11 is 0. The van der Waals surface area contributed by atoms with Crippen LogP contribution in [0.1, 0.15) is 37.7 Å². The number of rotatable bonds is 7. The number of amides is 1. The zero-order valence-electron chi connectivity index (χ0n) is 20.8. The lowest BCUT2D eigenvalue weighted by molar-refractivity contribution is -0.112. The van der Waals surface area contributed by atoms with Crippen molar-refractivity contribution in [2.45, 2.75) is 39.0 Å². The number of nitrogens with zero attached hydrogens (tertiary/aromatic N) is 3. The molecule has 8 heteroatoms. The second-order valence-electron chi connectivity index (χ2n) is 10.0. The minimum absolute atomic E-state index is 0.221. The molecule has 5 rings (SSSR count). The summed E-state index contributed by atoms with van der Waals surface area (Å²) in [5, 5.41) is 6.86. The van der Waals surface area contributed by atoms with Gasteiger partial charge in [0, 0.05) is 42.9 Å². The quantitative estimate of drug-likeness (QED) is 0.421. The van der Waals surface area contributed by atoms with E-state index in [2.05, 4.69) is 25.5 Å². The molecule has 0 radical (unpaired) electrons. The number of carbonyl (C=O) groups is 1. The van der Waals surface area contributed by atoms with Crippen LogP contribution in [0.15, 0.2) is 48.8 Å². The highest BCUT2D eigenvalue weighted by molar-refractivity contribution is 6.03. The molecule has 188 valence electrons. The molecular weight excluding hydrogens is 457 g/mol. The fourth-order valence-corrected chi connectivity index (χ4v) is 5.44. The monoisotopic (exact) mass is 489 g/mol. The zero-order valence-corrected chi connectivity index (χ0v) is 20.8. The third-order valence-electron chi connectivity index (χ3n) is 7.30. The molecule has 2 aromatic carbocycles. The van der Waals surface area contributed by atoms with Crippen LogP contribution in [-0.4, -0.2) is 47.5 Å². The Labute approximate surface area is 210 Å². The van der Waals surface area contributed by atoms with Crippen LogP contribution < -0.4 is 15.4 Å². The molecule has 2 fully saturated rings. The van der Waals surface area contributed by atoms with Gasteiger partial charge in [-0.25, -0.2) is 14.4 Å². The minimum Gasteiger partial charge on any atom is -0.494 e. The first kappa shape index (κ1) is 24.2. The molecule has 0 bridgehead atoms. The molecule has 1 spiro atoms. The molecule has 7 nitrogen and oxygen atoms in total. The van der Waals surface area contributed by atoms with Crippen LogP contribution in [-0.2, 0) is 4.79 Å². The lowest BCUT2D eigenvalue weighted by Gasteiger charge is -2.52. The molecule has 2 N–H and O–H groups in total. The van der Waals surface area contributed by atoms with E-state index in [4.69, 9.17) is 4.74 Å². The molecule has 0 atom stereocenters. The first-order valence-electron chi connectivity index (χ1n) is 12.5. The third-order valence-corrected chi connectivity index (χ3v) is 7.30. The number of likely N-dealkylation sites (tertiary alicyclic amines) is 1. The maximum absolute atomic E-state index is 13.7. The molecule has 0 unspecified atom stereocenters. The largest absolute Gasteiger partial charge is 0.494 e. The van der Waals surface area contributed by atoms with Gasteiger partial charge in [0.05, 0.1) is 18.3 Å². The molecule has 36 heavy (non-hydrogen) atoms. The number of anilines is 3. The van der Waals surface area contributed by atoms with Crippen LogP contribution >= 0.6 is 0 Å². The van der Waals surface area contributed by atoms with Crippen LogP contribution in [0.4, 0.5) is 21.6 Å². The van der Waals surface area contributed by atoms with E-state index in [0.717, 1.165) is 19.6 Å². The molecular formula is C28H32FN5O2. The number of fused-ring (bicyclic) bond motifs is 1. The number of carbonyl (C=O) groups excluding carboxylic acids is 1. The maximum Gasteiger partial charge on any atom is 0.248 e. The molecule has 1 aromatic heterocycles. The molecule has 1 aliphatic carbocycles. The summed E-state index contributed by atoms with van der Waals surface area (Å²) in [7, 11) is 1.55. The predicted molar refractivity (Wildman–Crippen MR) is 140 cm³/mol. The molecule has 1 amide bonds. The van der Waals surface area contributed by atoms with Gasteiger partial charge in [-0.15, -0.1) is 0 Å². The summed E-state index contributed by atoms with van der Waals surface area (Å²) in [5.74, 6) is 0.571. The lowest BCUT2D eigenvalue weighted by Crippen LogP contribution is -2.56. The number of aromatic nitrogens is 2. The van der Waals surface area contributed by atoms with Gasteiger partial charge in [0.25, 0.3) is 0 Å². The van der Waals surface area contributed by atoms with Crippen molar-refractivity contribution >= 4 is 34.0 Å². The minimum atomic E-state index is -0.265. The molecule has 1 saturated heterocycles. The Bertz CT molecular complexity index is 1290. The van der Waals surface area contributed by atoms with Crippen molar-refractivity contribution in [2.24, 2.45) is 5.41 Å². The van der Waals surface area contributed by atoms with Crippen molar-refractivity contribution in [1.82, 2.24) is 14.9 Å². The number of ether oxygens (including phenoxy) is 1. The van der Waals surface area contributed by atoms with Crippen molar-refractivity contribution in [1.29, 1.82) is 0 Å². The van der Waals surface area contributed by atoms with Crippen molar-refractivity contribution in [3.8, 4) is 5.75 Å². The normalized spacial score (nSPS) is 17.3. The second kappa shape index (κ2) is 10.2. The SMILES string of the molecule is COc1cc2ncnc(Nc3ccc(F)c(C)c3)c2cc1NC(=O)/C=C/CN1CC2(CCCCC2)C1. The predicted octanol–water partition coefficient (Wildman–Crippen LogP) is 5.59. The molecule has 3 aromatic rings. The van der Waals surface area contributed by atoms with Crippen molar-refractivity contribution < 1.29 is 13.9 Å². The Balaban J connectivity index is 1.28. The van der Waals surface area contributed by atoms with Gasteiger partial charge in [-0.3, -0.25) is 9.69 Å². The fourth-order valence-electron chi connectivity index (χ4n) is 5.44. The van der Waals surface area contributed by atoms with Gasteiger partial charge in [0.1, 0.15) is 23.7 Å². The van der Waals surface area contributed by atoms with Crippen LogP contribution in [0.2, 0.25) is 0 Å². The third kappa shape index (κ3) is 5.18. The first-order chi connectivity index (χ1) is 17.4. The van der Waals surface area contributed by atoms with E-state index >= 15 is 0 Å². The maximum atomic E-state index is 13.7. The van der Waals surface area contributed by atoms with Crippen molar-refractivity contribution in [2.75, 3.05) is 37.4 Å². The van der Waals surface area contributed by atoms with E-state index in [-0.39, 0.29) is 11.7 Å². The van der Waals surface area contributed by atoms with Crippen LogP contribution in [0.5, 0.6) is 5.75 Å². The summed E-state index contributed by atoms with van der Waals surface area (Å²) in [6.07, 6.45) is 11.7. The average Bonchev–Trinajstić information content (AvgIpc) is 2.86. The summed E-state index contributed by atoms with van der Waals surface area (Å²) < 4.78 is 19.2. The smallest absolute Gasteiger partial charge is 0.248 e. The first-order valence-corrected chi connectivity index (χ1v) is 12.5. The number of methoxy groups -OCH3 is 1. The summed E-state index contributed by atoms with van der Waals surface area (Å²) in [6.45, 7) is 4.77. The highest BCUT2D eigenvalue weighted by Crippen LogP contribution is 2.43. The van der Waals surface area contributed by atoms with E-state index in [1.54, 1.807) is 44.4 Å². The lowest BCUT2D eigenvalue weighted by atomic mass is 9.69. The van der Waals surface area contributed by atoms with Gasteiger partial charge >= 0.3 is 0 Å². The second-order valence-corrected chi connectivity index (χ2v) is 10.0. The Morgan fingerprint density at radius 2 is 1.97 bits per heavy atom. The van der Waals surface area contributed by atoms with E-state index in [1.165, 1.54) is 44.5 Å². The van der Waals surface area contributed by atoms with Gasteiger partial charge in [0.15, 0.2) is 0 Å². The van der Waals surface area contributed by atoms with E-state index in [1.807, 2.05) is 6.08 Å². The van der Waals surface area contributed by atoms with E-state index in [9.17, 15) is 9.18 Å². The summed E-state index contributed by atoms with van der Waals surface area (Å²) in [4.78, 5) is 23.8. The van der Waals surface area contributed by atoms with Gasteiger partial charge in [0.2, 0.25) is 5.91 Å². The molecule has 1 aliphatic heterocycles. The van der Waals surface area contributed by atoms with Crippen LogP contribution in [0.3, 0.4) is 0 Å². The van der Waals surface area contributed by atoms with Crippen molar-refractivity contribution in [3.05, 3.63) is 60.2 Å². The number of hydrogen-bond donors (Lipinski definition) is 2. The van der Waals surface area contributed by atoms with E-state index < -0.39 is 0 Å². The number of benzene rings is 2. The standard InChI is InChI=1S/C28H32FN5O2/c1-19-13-20(8-9-22(19)29)32-27-21-14-24(25(36-2)15-23(21)30-18-31-27)33-26(35)7-6-12-34-16-28(17-34)10-4-3-5-11-28/h6-9,13-15,18H,3-5,10-12,16-17H2,1-2H3,(H,33,35)(H,30,31,32)/b7-6+. The fraction of sp³-hybridized carbons (Fsp3) is 0.393. The Hall–Kier alpha value is -3.52. The number of halogens is 1. The van der Waals surface area contributed by atoms with Crippen molar-refractivity contribution in [3.63, 3.8) is 0 Å².